The highest BCUT2D eigenvalue weighted by Gasteiger charge is 2.25. The molecule has 0 bridgehead atoms. The van der Waals surface area contributed by atoms with Crippen molar-refractivity contribution in [1.29, 1.82) is 0 Å². The van der Waals surface area contributed by atoms with Crippen LogP contribution >= 0.6 is 0 Å². The smallest absolute Gasteiger partial charge is 0.304 e. The second-order valence-corrected chi connectivity index (χ2v) is 5.51. The SMILES string of the molecule is CCc1cc(CN2CCCCC2CC(=O)O)n(CC)n1. The molecule has 112 valence electrons. The zero-order valence-electron chi connectivity index (χ0n) is 12.5. The molecule has 0 saturated carbocycles. The van der Waals surface area contributed by atoms with E-state index in [0.29, 0.717) is 0 Å². The Balaban J connectivity index is 2.09. The zero-order chi connectivity index (χ0) is 14.5. The van der Waals surface area contributed by atoms with Crippen molar-refractivity contribution in [3.05, 3.63) is 17.5 Å². The third kappa shape index (κ3) is 3.60. The number of piperidine rings is 1. The first-order chi connectivity index (χ1) is 9.63. The van der Waals surface area contributed by atoms with Crippen LogP contribution < -0.4 is 0 Å². The molecule has 1 atom stereocenters. The van der Waals surface area contributed by atoms with Gasteiger partial charge in [-0.15, -0.1) is 0 Å². The summed E-state index contributed by atoms with van der Waals surface area (Å²) in [6, 6.07) is 2.34. The van der Waals surface area contributed by atoms with Crippen LogP contribution in [0.5, 0.6) is 0 Å². The van der Waals surface area contributed by atoms with Crippen molar-refractivity contribution in [1.82, 2.24) is 14.7 Å². The standard InChI is InChI=1S/C15H25N3O2/c1-3-12-9-14(18(4-2)16-12)11-17-8-6-5-7-13(17)10-15(19)20/h9,13H,3-8,10-11H2,1-2H3,(H,19,20). The van der Waals surface area contributed by atoms with Gasteiger partial charge in [-0.2, -0.15) is 5.10 Å². The molecular weight excluding hydrogens is 254 g/mol. The third-order valence-corrected chi connectivity index (χ3v) is 4.10. The lowest BCUT2D eigenvalue weighted by molar-refractivity contribution is -0.138. The predicted molar refractivity (Wildman–Crippen MR) is 77.6 cm³/mol. The number of aryl methyl sites for hydroxylation is 2. The summed E-state index contributed by atoms with van der Waals surface area (Å²) in [5.74, 6) is -0.694. The molecule has 5 heteroatoms. The number of carboxylic acids is 1. The van der Waals surface area contributed by atoms with Gasteiger partial charge in [0.1, 0.15) is 0 Å². The summed E-state index contributed by atoms with van der Waals surface area (Å²) in [6.45, 7) is 6.89. The minimum atomic E-state index is -0.694. The maximum atomic E-state index is 11.0. The molecule has 2 rings (SSSR count). The number of likely N-dealkylation sites (tertiary alicyclic amines) is 1. The molecule has 0 amide bonds. The quantitative estimate of drug-likeness (QED) is 0.868. The molecule has 1 fully saturated rings. The van der Waals surface area contributed by atoms with E-state index in [0.717, 1.165) is 51.0 Å². The van der Waals surface area contributed by atoms with Gasteiger partial charge in [-0.1, -0.05) is 13.3 Å². The summed E-state index contributed by atoms with van der Waals surface area (Å²) in [4.78, 5) is 13.3. The highest BCUT2D eigenvalue weighted by Crippen LogP contribution is 2.22. The Labute approximate surface area is 120 Å². The molecule has 1 aromatic heterocycles. The van der Waals surface area contributed by atoms with Crippen LogP contribution in [0.15, 0.2) is 6.07 Å². The largest absolute Gasteiger partial charge is 0.481 e. The van der Waals surface area contributed by atoms with Crippen LogP contribution in [-0.4, -0.2) is 38.3 Å². The van der Waals surface area contributed by atoms with Crippen LogP contribution in [0.4, 0.5) is 0 Å². The first-order valence-corrected chi connectivity index (χ1v) is 7.65. The van der Waals surface area contributed by atoms with E-state index in [2.05, 4.69) is 29.9 Å². The molecule has 1 unspecified atom stereocenters. The van der Waals surface area contributed by atoms with Gasteiger partial charge in [-0.05, 0) is 38.8 Å². The van der Waals surface area contributed by atoms with Crippen molar-refractivity contribution in [2.45, 2.75) is 65.1 Å². The van der Waals surface area contributed by atoms with Crippen LogP contribution in [0.3, 0.4) is 0 Å². The molecule has 0 aliphatic carbocycles. The normalized spacial score (nSPS) is 20.2. The number of carboxylic acid groups (broad SMARTS) is 1. The molecule has 1 saturated heterocycles. The highest BCUT2D eigenvalue weighted by molar-refractivity contribution is 5.67. The monoisotopic (exact) mass is 279 g/mol. The number of rotatable bonds is 6. The molecule has 20 heavy (non-hydrogen) atoms. The average Bonchev–Trinajstić information content (AvgIpc) is 2.82. The Morgan fingerprint density at radius 1 is 1.45 bits per heavy atom. The van der Waals surface area contributed by atoms with Gasteiger partial charge >= 0.3 is 5.97 Å². The van der Waals surface area contributed by atoms with E-state index in [1.807, 2.05) is 4.68 Å². The summed E-state index contributed by atoms with van der Waals surface area (Å²) in [6.07, 6.45) is 4.49. The van der Waals surface area contributed by atoms with E-state index in [1.165, 1.54) is 5.69 Å². The Morgan fingerprint density at radius 2 is 2.25 bits per heavy atom. The number of hydrogen-bond donors (Lipinski definition) is 1. The fourth-order valence-corrected chi connectivity index (χ4v) is 3.00. The number of aromatic nitrogens is 2. The number of nitrogens with zero attached hydrogens (tertiary/aromatic N) is 3. The molecule has 0 spiro atoms. The van der Waals surface area contributed by atoms with E-state index in [9.17, 15) is 4.79 Å². The van der Waals surface area contributed by atoms with Gasteiger partial charge in [0.2, 0.25) is 0 Å². The number of aliphatic carboxylic acids is 1. The van der Waals surface area contributed by atoms with Crippen LogP contribution in [0.2, 0.25) is 0 Å². The maximum Gasteiger partial charge on any atom is 0.304 e. The first-order valence-electron chi connectivity index (χ1n) is 7.65. The van der Waals surface area contributed by atoms with Crippen molar-refractivity contribution < 1.29 is 9.90 Å². The molecule has 1 N–H and O–H groups in total. The fourth-order valence-electron chi connectivity index (χ4n) is 3.00. The lowest BCUT2D eigenvalue weighted by Crippen LogP contribution is -2.40. The van der Waals surface area contributed by atoms with Crippen LogP contribution in [0.25, 0.3) is 0 Å². The van der Waals surface area contributed by atoms with E-state index in [1.54, 1.807) is 0 Å². The molecule has 1 aromatic rings. The van der Waals surface area contributed by atoms with E-state index in [4.69, 9.17) is 5.11 Å². The Bertz CT molecular complexity index is 456. The van der Waals surface area contributed by atoms with Gasteiger partial charge < -0.3 is 5.11 Å². The van der Waals surface area contributed by atoms with Crippen molar-refractivity contribution >= 4 is 5.97 Å². The van der Waals surface area contributed by atoms with Crippen molar-refractivity contribution in [3.8, 4) is 0 Å². The molecule has 0 aromatic carbocycles. The molecule has 5 nitrogen and oxygen atoms in total. The second kappa shape index (κ2) is 6.88. The number of hydrogen-bond acceptors (Lipinski definition) is 3. The fraction of sp³-hybridized carbons (Fsp3) is 0.733. The molecule has 1 aliphatic rings. The molecular formula is C15H25N3O2. The van der Waals surface area contributed by atoms with Crippen molar-refractivity contribution in [2.24, 2.45) is 0 Å². The van der Waals surface area contributed by atoms with Gasteiger partial charge in [0, 0.05) is 19.1 Å². The summed E-state index contributed by atoms with van der Waals surface area (Å²) in [5, 5.41) is 13.6. The van der Waals surface area contributed by atoms with E-state index in [-0.39, 0.29) is 12.5 Å². The lowest BCUT2D eigenvalue weighted by atomic mass is 9.99. The minimum Gasteiger partial charge on any atom is -0.481 e. The van der Waals surface area contributed by atoms with Gasteiger partial charge in [0.25, 0.3) is 0 Å². The molecule has 2 heterocycles. The topological polar surface area (TPSA) is 58.4 Å². The molecule has 0 radical (unpaired) electrons. The van der Waals surface area contributed by atoms with Crippen molar-refractivity contribution in [3.63, 3.8) is 0 Å². The summed E-state index contributed by atoms with van der Waals surface area (Å²) in [5.41, 5.74) is 2.33. The third-order valence-electron chi connectivity index (χ3n) is 4.10. The van der Waals surface area contributed by atoms with Gasteiger partial charge in [-0.25, -0.2) is 0 Å². The van der Waals surface area contributed by atoms with Gasteiger partial charge in [0.15, 0.2) is 0 Å². The second-order valence-electron chi connectivity index (χ2n) is 5.51. The van der Waals surface area contributed by atoms with Crippen molar-refractivity contribution in [2.75, 3.05) is 6.54 Å². The summed E-state index contributed by atoms with van der Waals surface area (Å²) >= 11 is 0. The lowest BCUT2D eigenvalue weighted by Gasteiger charge is -2.34. The predicted octanol–water partition coefficient (Wildman–Crippen LogP) is 2.29. The van der Waals surface area contributed by atoms with Gasteiger partial charge in [-0.3, -0.25) is 14.4 Å². The van der Waals surface area contributed by atoms with E-state index < -0.39 is 5.97 Å². The Hall–Kier alpha value is -1.36. The Kier molecular flexibility index (Phi) is 5.17. The summed E-state index contributed by atoms with van der Waals surface area (Å²) < 4.78 is 2.05. The highest BCUT2D eigenvalue weighted by atomic mass is 16.4. The van der Waals surface area contributed by atoms with Gasteiger partial charge in [0.05, 0.1) is 17.8 Å². The summed E-state index contributed by atoms with van der Waals surface area (Å²) in [7, 11) is 0. The van der Waals surface area contributed by atoms with Crippen LogP contribution in [-0.2, 0) is 24.3 Å². The molecule has 1 aliphatic heterocycles. The minimum absolute atomic E-state index is 0.173. The Morgan fingerprint density at radius 3 is 2.90 bits per heavy atom. The van der Waals surface area contributed by atoms with E-state index >= 15 is 0 Å². The maximum absolute atomic E-state index is 11.0. The first kappa shape index (κ1) is 15.0. The van der Waals surface area contributed by atoms with Crippen LogP contribution in [0.1, 0.15) is 50.9 Å². The zero-order valence-corrected chi connectivity index (χ0v) is 12.5. The average molecular weight is 279 g/mol. The number of carbonyl (C=O) groups is 1. The van der Waals surface area contributed by atoms with Crippen LogP contribution in [0, 0.1) is 0 Å².